The third-order valence-corrected chi connectivity index (χ3v) is 5.10. The zero-order valence-electron chi connectivity index (χ0n) is 14.5. The molecule has 0 saturated heterocycles. The molecule has 0 atom stereocenters. The monoisotopic (exact) mass is 399 g/mol. The maximum atomic E-state index is 12.1. The topological polar surface area (TPSA) is 72.0 Å². The Labute approximate surface area is 166 Å². The zero-order valence-corrected chi connectivity index (χ0v) is 16.1. The maximum absolute atomic E-state index is 12.1. The molecular weight excluding hydrogens is 382 g/mol. The molecule has 2 heterocycles. The van der Waals surface area contributed by atoms with Crippen LogP contribution in [0.1, 0.15) is 28.9 Å². The van der Waals surface area contributed by atoms with Crippen molar-refractivity contribution in [3.05, 3.63) is 70.5 Å². The van der Waals surface area contributed by atoms with Gasteiger partial charge in [-0.3, -0.25) is 14.6 Å². The van der Waals surface area contributed by atoms with Gasteiger partial charge in [0.05, 0.1) is 5.69 Å². The van der Waals surface area contributed by atoms with E-state index in [4.69, 9.17) is 11.6 Å². The van der Waals surface area contributed by atoms with Crippen LogP contribution in [0.25, 0.3) is 10.6 Å². The van der Waals surface area contributed by atoms with Gasteiger partial charge in [-0.05, 0) is 36.4 Å². The fourth-order valence-corrected chi connectivity index (χ4v) is 3.44. The van der Waals surface area contributed by atoms with Crippen LogP contribution in [0.3, 0.4) is 0 Å². The molecule has 1 amide bonds. The first-order chi connectivity index (χ1) is 13.1. The average Bonchev–Trinajstić information content (AvgIpc) is 3.16. The molecule has 27 heavy (non-hydrogen) atoms. The van der Waals surface area contributed by atoms with Crippen LogP contribution in [0.5, 0.6) is 0 Å². The summed E-state index contributed by atoms with van der Waals surface area (Å²) in [5.74, 6) is -0.206. The largest absolute Gasteiger partial charge is 0.356 e. The number of hydrogen-bond donors (Lipinski definition) is 1. The van der Waals surface area contributed by atoms with E-state index in [9.17, 15) is 9.59 Å². The summed E-state index contributed by atoms with van der Waals surface area (Å²) in [6, 6.07) is 10.5. The van der Waals surface area contributed by atoms with Crippen molar-refractivity contribution in [2.24, 2.45) is 0 Å². The number of amides is 1. The number of thiazole rings is 1. The van der Waals surface area contributed by atoms with Gasteiger partial charge in [0.1, 0.15) is 5.01 Å². The molecule has 1 N–H and O–H groups in total. The maximum Gasteiger partial charge on any atom is 0.220 e. The molecule has 0 fully saturated rings. The molecule has 2 aromatic heterocycles. The first-order valence-electron chi connectivity index (χ1n) is 8.52. The SMILES string of the molecule is O=C(CCC(=O)c1ccc(Cl)cc1)NCCc1csc(-c2cccnc2)n1. The lowest BCUT2D eigenvalue weighted by atomic mass is 10.1. The van der Waals surface area contributed by atoms with Gasteiger partial charge in [-0.25, -0.2) is 4.98 Å². The zero-order chi connectivity index (χ0) is 19.1. The Bertz CT molecular complexity index is 910. The standard InChI is InChI=1S/C20H18ClN3O2S/c21-16-5-3-14(4-6-16)18(25)7-8-19(26)23-11-9-17-13-27-20(24-17)15-2-1-10-22-12-15/h1-6,10,12-13H,7-9,11H2,(H,23,26). The number of ketones is 1. The van der Waals surface area contributed by atoms with Crippen molar-refractivity contribution in [2.75, 3.05) is 6.54 Å². The molecule has 5 nitrogen and oxygen atoms in total. The molecule has 3 aromatic rings. The van der Waals surface area contributed by atoms with E-state index in [1.54, 1.807) is 48.0 Å². The quantitative estimate of drug-likeness (QED) is 0.577. The number of rotatable bonds is 8. The van der Waals surface area contributed by atoms with Gasteiger partial charge in [0, 0.05) is 59.7 Å². The molecule has 0 aliphatic carbocycles. The number of carbonyl (C=O) groups excluding carboxylic acids is 2. The minimum atomic E-state index is -0.139. The lowest BCUT2D eigenvalue weighted by Crippen LogP contribution is -2.26. The number of nitrogens with zero attached hydrogens (tertiary/aromatic N) is 2. The van der Waals surface area contributed by atoms with Gasteiger partial charge in [-0.1, -0.05) is 11.6 Å². The predicted octanol–water partition coefficient (Wildman–Crippen LogP) is 4.18. The third-order valence-electron chi connectivity index (χ3n) is 3.91. The van der Waals surface area contributed by atoms with E-state index in [0.717, 1.165) is 16.3 Å². The molecule has 3 rings (SSSR count). The number of hydrogen-bond acceptors (Lipinski definition) is 5. The normalized spacial score (nSPS) is 10.6. The highest BCUT2D eigenvalue weighted by Gasteiger charge is 2.10. The van der Waals surface area contributed by atoms with Crippen molar-refractivity contribution in [3.63, 3.8) is 0 Å². The second-order valence-electron chi connectivity index (χ2n) is 5.92. The van der Waals surface area contributed by atoms with Crippen molar-refractivity contribution in [1.29, 1.82) is 0 Å². The number of benzene rings is 1. The molecule has 0 bridgehead atoms. The molecule has 7 heteroatoms. The minimum absolute atomic E-state index is 0.0672. The summed E-state index contributed by atoms with van der Waals surface area (Å²) < 4.78 is 0. The Balaban J connectivity index is 1.40. The Morgan fingerprint density at radius 2 is 1.93 bits per heavy atom. The van der Waals surface area contributed by atoms with E-state index in [0.29, 0.717) is 23.6 Å². The van der Waals surface area contributed by atoms with Gasteiger partial charge in [-0.2, -0.15) is 0 Å². The Kier molecular flexibility index (Phi) is 6.68. The first kappa shape index (κ1) is 19.2. The molecule has 0 unspecified atom stereocenters. The average molecular weight is 400 g/mol. The van der Waals surface area contributed by atoms with Crippen molar-refractivity contribution >= 4 is 34.6 Å². The van der Waals surface area contributed by atoms with Crippen molar-refractivity contribution in [2.45, 2.75) is 19.3 Å². The lowest BCUT2D eigenvalue weighted by molar-refractivity contribution is -0.121. The van der Waals surface area contributed by atoms with Crippen LogP contribution in [0, 0.1) is 0 Å². The van der Waals surface area contributed by atoms with E-state index < -0.39 is 0 Å². The smallest absolute Gasteiger partial charge is 0.220 e. The van der Waals surface area contributed by atoms with Gasteiger partial charge in [0.15, 0.2) is 5.78 Å². The molecule has 0 aliphatic rings. The highest BCUT2D eigenvalue weighted by atomic mass is 35.5. The first-order valence-corrected chi connectivity index (χ1v) is 9.78. The summed E-state index contributed by atoms with van der Waals surface area (Å²) in [6.45, 7) is 0.490. The van der Waals surface area contributed by atoms with Crippen LogP contribution >= 0.6 is 22.9 Å². The number of pyridine rings is 1. The Hall–Kier alpha value is -2.57. The van der Waals surface area contributed by atoms with E-state index >= 15 is 0 Å². The van der Waals surface area contributed by atoms with Crippen LogP contribution < -0.4 is 5.32 Å². The van der Waals surface area contributed by atoms with Gasteiger partial charge in [0.25, 0.3) is 0 Å². The van der Waals surface area contributed by atoms with Crippen LogP contribution in [0.4, 0.5) is 0 Å². The minimum Gasteiger partial charge on any atom is -0.356 e. The summed E-state index contributed by atoms with van der Waals surface area (Å²) in [5.41, 5.74) is 2.48. The summed E-state index contributed by atoms with van der Waals surface area (Å²) in [6.07, 6.45) is 4.50. The fraction of sp³-hybridized carbons (Fsp3) is 0.200. The highest BCUT2D eigenvalue weighted by Crippen LogP contribution is 2.22. The molecular formula is C20H18ClN3O2S. The van der Waals surface area contributed by atoms with Crippen molar-refractivity contribution in [1.82, 2.24) is 15.3 Å². The molecule has 0 radical (unpaired) electrons. The highest BCUT2D eigenvalue weighted by molar-refractivity contribution is 7.13. The van der Waals surface area contributed by atoms with E-state index in [-0.39, 0.29) is 24.5 Å². The number of halogens is 1. The summed E-state index contributed by atoms with van der Waals surface area (Å²) in [7, 11) is 0. The summed E-state index contributed by atoms with van der Waals surface area (Å²) in [5, 5.41) is 6.32. The molecule has 0 aliphatic heterocycles. The second-order valence-corrected chi connectivity index (χ2v) is 7.21. The third kappa shape index (κ3) is 5.70. The van der Waals surface area contributed by atoms with Gasteiger partial charge in [-0.15, -0.1) is 11.3 Å². The summed E-state index contributed by atoms with van der Waals surface area (Å²) in [4.78, 5) is 32.6. The molecule has 1 aromatic carbocycles. The van der Waals surface area contributed by atoms with E-state index in [1.807, 2.05) is 17.5 Å². The number of Topliss-reactive ketones (excluding diaryl/α,β-unsaturated/α-hetero) is 1. The Morgan fingerprint density at radius 3 is 2.67 bits per heavy atom. The van der Waals surface area contributed by atoms with Gasteiger partial charge >= 0.3 is 0 Å². The van der Waals surface area contributed by atoms with Crippen LogP contribution in [0.15, 0.2) is 54.2 Å². The van der Waals surface area contributed by atoms with Crippen LogP contribution in [-0.2, 0) is 11.2 Å². The Morgan fingerprint density at radius 1 is 1.11 bits per heavy atom. The van der Waals surface area contributed by atoms with E-state index in [1.165, 1.54) is 0 Å². The lowest BCUT2D eigenvalue weighted by Gasteiger charge is -2.04. The second kappa shape index (κ2) is 9.39. The van der Waals surface area contributed by atoms with Crippen molar-refractivity contribution in [3.8, 4) is 10.6 Å². The fourth-order valence-electron chi connectivity index (χ4n) is 2.47. The van der Waals surface area contributed by atoms with Crippen molar-refractivity contribution < 1.29 is 9.59 Å². The van der Waals surface area contributed by atoms with Crippen LogP contribution in [-0.4, -0.2) is 28.2 Å². The van der Waals surface area contributed by atoms with E-state index in [2.05, 4.69) is 15.3 Å². The summed E-state index contributed by atoms with van der Waals surface area (Å²) >= 11 is 7.36. The molecule has 0 saturated carbocycles. The number of carbonyl (C=O) groups is 2. The molecule has 0 spiro atoms. The molecule has 138 valence electrons. The van der Waals surface area contributed by atoms with Gasteiger partial charge in [0.2, 0.25) is 5.91 Å². The number of aromatic nitrogens is 2. The predicted molar refractivity (Wildman–Crippen MR) is 107 cm³/mol. The number of nitrogens with one attached hydrogen (secondary N) is 1. The van der Waals surface area contributed by atoms with Crippen LogP contribution in [0.2, 0.25) is 5.02 Å². The van der Waals surface area contributed by atoms with Gasteiger partial charge < -0.3 is 5.32 Å².